The number of primary amides is 1. The predicted molar refractivity (Wildman–Crippen MR) is 79.6 cm³/mol. The van der Waals surface area contributed by atoms with Gasteiger partial charge in [-0.15, -0.1) is 0 Å². The molecule has 0 heterocycles. The van der Waals surface area contributed by atoms with Crippen molar-refractivity contribution >= 4 is 11.6 Å². The minimum atomic E-state index is -0.482. The summed E-state index contributed by atoms with van der Waals surface area (Å²) in [5, 5.41) is 3.40. The molecule has 0 aromatic heterocycles. The molecule has 0 radical (unpaired) electrons. The molecule has 0 fully saturated rings. The Morgan fingerprint density at radius 2 is 1.80 bits per heavy atom. The average Bonchev–Trinajstić information content (AvgIpc) is 2.47. The Labute approximate surface area is 118 Å². The summed E-state index contributed by atoms with van der Waals surface area (Å²) in [7, 11) is 0. The molecular weight excluding hydrogens is 252 g/mol. The number of hydrogen-bond acceptors (Lipinski definition) is 3. The topological polar surface area (TPSA) is 64.3 Å². The third-order valence-electron chi connectivity index (χ3n) is 2.92. The van der Waals surface area contributed by atoms with Gasteiger partial charge in [-0.3, -0.25) is 4.79 Å². The second-order valence-electron chi connectivity index (χ2n) is 4.56. The van der Waals surface area contributed by atoms with E-state index in [1.807, 2.05) is 42.5 Å². The highest BCUT2D eigenvalue weighted by Gasteiger charge is 2.04. The van der Waals surface area contributed by atoms with Crippen molar-refractivity contribution in [2.24, 2.45) is 5.73 Å². The van der Waals surface area contributed by atoms with Crippen LogP contribution in [0.4, 0.5) is 5.69 Å². The van der Waals surface area contributed by atoms with Gasteiger partial charge in [0.2, 0.25) is 0 Å². The number of benzene rings is 2. The highest BCUT2D eigenvalue weighted by molar-refractivity contribution is 5.75. The summed E-state index contributed by atoms with van der Waals surface area (Å²) in [4.78, 5) is 10.6. The van der Waals surface area contributed by atoms with Crippen LogP contribution in [0.25, 0.3) is 0 Å². The van der Waals surface area contributed by atoms with Crippen LogP contribution in [0.15, 0.2) is 54.6 Å². The first-order chi connectivity index (χ1) is 9.65. The Balaban J connectivity index is 1.95. The molecule has 1 unspecified atom stereocenters. The largest absolute Gasteiger partial charge is 0.484 e. The molecule has 0 aliphatic heterocycles. The molecular formula is C16H18N2O2. The highest BCUT2D eigenvalue weighted by atomic mass is 16.5. The molecule has 0 aliphatic rings. The lowest BCUT2D eigenvalue weighted by molar-refractivity contribution is -0.119. The van der Waals surface area contributed by atoms with Crippen LogP contribution in [0.3, 0.4) is 0 Å². The molecule has 1 atom stereocenters. The zero-order chi connectivity index (χ0) is 14.4. The molecule has 0 saturated heterocycles. The Morgan fingerprint density at radius 3 is 2.40 bits per heavy atom. The Hall–Kier alpha value is -2.49. The van der Waals surface area contributed by atoms with Gasteiger partial charge in [-0.2, -0.15) is 0 Å². The van der Waals surface area contributed by atoms with Gasteiger partial charge in [0, 0.05) is 11.7 Å². The van der Waals surface area contributed by atoms with Gasteiger partial charge in [0.1, 0.15) is 5.75 Å². The van der Waals surface area contributed by atoms with Crippen LogP contribution in [0.1, 0.15) is 18.5 Å². The first-order valence-corrected chi connectivity index (χ1v) is 6.48. The molecule has 2 rings (SSSR count). The summed E-state index contributed by atoms with van der Waals surface area (Å²) in [6.45, 7) is 2.00. The highest BCUT2D eigenvalue weighted by Crippen LogP contribution is 2.21. The van der Waals surface area contributed by atoms with Gasteiger partial charge in [0.15, 0.2) is 6.61 Å². The molecule has 20 heavy (non-hydrogen) atoms. The number of ether oxygens (including phenoxy) is 1. The number of rotatable bonds is 6. The second-order valence-corrected chi connectivity index (χ2v) is 4.56. The third kappa shape index (κ3) is 4.02. The van der Waals surface area contributed by atoms with Gasteiger partial charge in [0.05, 0.1) is 0 Å². The van der Waals surface area contributed by atoms with E-state index in [9.17, 15) is 4.79 Å². The normalized spacial score (nSPS) is 11.7. The van der Waals surface area contributed by atoms with Gasteiger partial charge in [-0.25, -0.2) is 0 Å². The maximum atomic E-state index is 10.6. The summed E-state index contributed by atoms with van der Waals surface area (Å²) >= 11 is 0. The fourth-order valence-electron chi connectivity index (χ4n) is 1.88. The summed E-state index contributed by atoms with van der Waals surface area (Å²) < 4.78 is 5.21. The number of nitrogens with two attached hydrogens (primary N) is 1. The minimum absolute atomic E-state index is 0.104. The van der Waals surface area contributed by atoms with Crippen LogP contribution in [0, 0.1) is 0 Å². The van der Waals surface area contributed by atoms with Gasteiger partial charge in [0.25, 0.3) is 5.91 Å². The van der Waals surface area contributed by atoms with E-state index < -0.39 is 5.91 Å². The van der Waals surface area contributed by atoms with Gasteiger partial charge < -0.3 is 15.8 Å². The van der Waals surface area contributed by atoms with Crippen LogP contribution in [0.2, 0.25) is 0 Å². The van der Waals surface area contributed by atoms with Crippen molar-refractivity contribution in [1.82, 2.24) is 0 Å². The van der Waals surface area contributed by atoms with Crippen LogP contribution in [-0.2, 0) is 4.79 Å². The number of nitrogens with one attached hydrogen (secondary N) is 1. The average molecular weight is 270 g/mol. The number of amides is 1. The standard InChI is InChI=1S/C16H18N2O2/c1-12(13-5-3-2-4-6-13)18-14-7-9-15(10-8-14)20-11-16(17)19/h2-10,12,18H,11H2,1H3,(H2,17,19). The Bertz CT molecular complexity index is 552. The van der Waals surface area contributed by atoms with Crippen LogP contribution in [0.5, 0.6) is 5.75 Å². The van der Waals surface area contributed by atoms with Crippen molar-refractivity contribution in [2.75, 3.05) is 11.9 Å². The van der Waals surface area contributed by atoms with Crippen LogP contribution in [-0.4, -0.2) is 12.5 Å². The van der Waals surface area contributed by atoms with Crippen molar-refractivity contribution in [3.63, 3.8) is 0 Å². The van der Waals surface area contributed by atoms with Gasteiger partial charge in [-0.1, -0.05) is 30.3 Å². The fraction of sp³-hybridized carbons (Fsp3) is 0.188. The predicted octanol–water partition coefficient (Wildman–Crippen LogP) is 2.72. The van der Waals surface area contributed by atoms with E-state index in [-0.39, 0.29) is 12.6 Å². The zero-order valence-corrected chi connectivity index (χ0v) is 11.4. The van der Waals surface area contributed by atoms with Crippen molar-refractivity contribution < 1.29 is 9.53 Å². The molecule has 2 aromatic rings. The van der Waals surface area contributed by atoms with Gasteiger partial charge >= 0.3 is 0 Å². The van der Waals surface area contributed by atoms with E-state index in [0.717, 1.165) is 5.69 Å². The molecule has 0 bridgehead atoms. The van der Waals surface area contributed by atoms with E-state index in [0.29, 0.717) is 5.75 Å². The smallest absolute Gasteiger partial charge is 0.255 e. The molecule has 0 saturated carbocycles. The van der Waals surface area contributed by atoms with Crippen LogP contribution < -0.4 is 15.8 Å². The Morgan fingerprint density at radius 1 is 1.15 bits per heavy atom. The maximum Gasteiger partial charge on any atom is 0.255 e. The minimum Gasteiger partial charge on any atom is -0.484 e. The molecule has 0 spiro atoms. The Kier molecular flexibility index (Phi) is 4.60. The third-order valence-corrected chi connectivity index (χ3v) is 2.92. The number of carbonyl (C=O) groups is 1. The van der Waals surface area contributed by atoms with Crippen molar-refractivity contribution in [3.8, 4) is 5.75 Å². The SMILES string of the molecule is CC(Nc1ccc(OCC(N)=O)cc1)c1ccccc1. The van der Waals surface area contributed by atoms with E-state index >= 15 is 0 Å². The molecule has 4 nitrogen and oxygen atoms in total. The first kappa shape index (κ1) is 13.9. The summed E-state index contributed by atoms with van der Waals surface area (Å²) in [6.07, 6.45) is 0. The first-order valence-electron chi connectivity index (χ1n) is 6.48. The van der Waals surface area contributed by atoms with Gasteiger partial charge in [-0.05, 0) is 36.8 Å². The lowest BCUT2D eigenvalue weighted by Crippen LogP contribution is -2.19. The number of hydrogen-bond donors (Lipinski definition) is 2. The number of anilines is 1. The molecule has 2 aromatic carbocycles. The summed E-state index contributed by atoms with van der Waals surface area (Å²) in [5.41, 5.74) is 7.24. The van der Waals surface area contributed by atoms with E-state index in [1.54, 1.807) is 0 Å². The van der Waals surface area contributed by atoms with Crippen molar-refractivity contribution in [1.29, 1.82) is 0 Å². The lowest BCUT2D eigenvalue weighted by atomic mass is 10.1. The number of carbonyl (C=O) groups excluding carboxylic acids is 1. The van der Waals surface area contributed by atoms with Crippen LogP contribution >= 0.6 is 0 Å². The molecule has 4 heteroatoms. The molecule has 104 valence electrons. The fourth-order valence-corrected chi connectivity index (χ4v) is 1.88. The molecule has 3 N–H and O–H groups in total. The van der Waals surface area contributed by atoms with E-state index in [1.165, 1.54) is 5.56 Å². The molecule has 0 aliphatic carbocycles. The zero-order valence-electron chi connectivity index (χ0n) is 11.4. The quantitative estimate of drug-likeness (QED) is 0.848. The summed E-state index contributed by atoms with van der Waals surface area (Å²) in [6, 6.07) is 17.9. The van der Waals surface area contributed by atoms with E-state index in [2.05, 4.69) is 24.4 Å². The molecule has 1 amide bonds. The van der Waals surface area contributed by atoms with Crippen molar-refractivity contribution in [2.45, 2.75) is 13.0 Å². The second kappa shape index (κ2) is 6.61. The van der Waals surface area contributed by atoms with E-state index in [4.69, 9.17) is 10.5 Å². The summed E-state index contributed by atoms with van der Waals surface area (Å²) in [5.74, 6) is 0.145. The lowest BCUT2D eigenvalue weighted by Gasteiger charge is -2.16. The monoisotopic (exact) mass is 270 g/mol. The van der Waals surface area contributed by atoms with Crippen molar-refractivity contribution in [3.05, 3.63) is 60.2 Å². The maximum absolute atomic E-state index is 10.6.